The molecular weight excluding hydrogens is 292 g/mol. The summed E-state index contributed by atoms with van der Waals surface area (Å²) >= 11 is 0. The zero-order valence-corrected chi connectivity index (χ0v) is 14.0. The molecule has 0 N–H and O–H groups in total. The molecule has 1 atom stereocenters. The van der Waals surface area contributed by atoms with E-state index < -0.39 is 0 Å². The highest BCUT2D eigenvalue weighted by Crippen LogP contribution is 2.14. The lowest BCUT2D eigenvalue weighted by Gasteiger charge is -2.22. The Bertz CT molecular complexity index is 561. The number of aryl methyl sites for hydroxylation is 1. The zero-order valence-electron chi connectivity index (χ0n) is 14.0. The Morgan fingerprint density at radius 1 is 1.30 bits per heavy atom. The normalized spacial score (nSPS) is 11.4. The molecule has 124 valence electrons. The number of hydrogen-bond donors (Lipinski definition) is 0. The Hall–Kier alpha value is -2.35. The number of ether oxygens (including phenoxy) is 1. The predicted molar refractivity (Wildman–Crippen MR) is 88.0 cm³/mol. The van der Waals surface area contributed by atoms with E-state index in [2.05, 4.69) is 6.07 Å². The quantitative estimate of drug-likeness (QED) is 0.702. The van der Waals surface area contributed by atoms with E-state index in [-0.39, 0.29) is 24.2 Å². The number of ketones is 1. The van der Waals surface area contributed by atoms with Crippen molar-refractivity contribution in [2.75, 3.05) is 19.7 Å². The van der Waals surface area contributed by atoms with Gasteiger partial charge in [0.1, 0.15) is 11.5 Å². The van der Waals surface area contributed by atoms with Crippen molar-refractivity contribution in [1.29, 1.82) is 5.26 Å². The number of carbonyl (C=O) groups is 2. The monoisotopic (exact) mass is 316 g/mol. The maximum atomic E-state index is 12.1. The molecule has 0 saturated carbocycles. The van der Waals surface area contributed by atoms with Gasteiger partial charge in [0, 0.05) is 19.5 Å². The van der Waals surface area contributed by atoms with Crippen molar-refractivity contribution in [2.45, 2.75) is 33.6 Å². The Labute approximate surface area is 137 Å². The van der Waals surface area contributed by atoms with Gasteiger partial charge in [0.25, 0.3) is 5.91 Å². The third kappa shape index (κ3) is 6.96. The first-order valence-corrected chi connectivity index (χ1v) is 7.84. The fourth-order valence-corrected chi connectivity index (χ4v) is 2.09. The Morgan fingerprint density at radius 3 is 2.48 bits per heavy atom. The molecule has 0 heterocycles. The lowest BCUT2D eigenvalue weighted by Crippen LogP contribution is -2.37. The van der Waals surface area contributed by atoms with Gasteiger partial charge in [0.15, 0.2) is 6.61 Å². The standard InChI is InChI=1S/C18H24N2O3/c1-4-20(12-14(2)11-19)18(22)13-23-17-9-7-16(8-10-17)6-5-15(3)21/h7-10,14H,4-6,12-13H2,1-3H3. The molecule has 1 unspecified atom stereocenters. The highest BCUT2D eigenvalue weighted by atomic mass is 16.5. The van der Waals surface area contributed by atoms with Gasteiger partial charge in [-0.25, -0.2) is 0 Å². The average Bonchev–Trinajstić information content (AvgIpc) is 2.56. The van der Waals surface area contributed by atoms with E-state index in [9.17, 15) is 9.59 Å². The molecule has 0 aliphatic rings. The summed E-state index contributed by atoms with van der Waals surface area (Å²) in [6.45, 7) is 6.17. The first-order chi connectivity index (χ1) is 11.0. The summed E-state index contributed by atoms with van der Waals surface area (Å²) in [5.41, 5.74) is 1.07. The number of nitriles is 1. The number of benzene rings is 1. The molecule has 1 aromatic carbocycles. The van der Waals surface area contributed by atoms with Crippen molar-refractivity contribution in [2.24, 2.45) is 5.92 Å². The van der Waals surface area contributed by atoms with Crippen LogP contribution < -0.4 is 4.74 Å². The second-order valence-corrected chi connectivity index (χ2v) is 5.60. The van der Waals surface area contributed by atoms with E-state index in [4.69, 9.17) is 10.00 Å². The van der Waals surface area contributed by atoms with E-state index >= 15 is 0 Å². The van der Waals surface area contributed by atoms with Gasteiger partial charge in [-0.05, 0) is 44.9 Å². The van der Waals surface area contributed by atoms with Crippen LogP contribution in [0.4, 0.5) is 0 Å². The summed E-state index contributed by atoms with van der Waals surface area (Å²) in [4.78, 5) is 24.7. The van der Waals surface area contributed by atoms with Crippen LogP contribution in [0.1, 0.15) is 32.8 Å². The van der Waals surface area contributed by atoms with Crippen molar-refractivity contribution in [3.05, 3.63) is 29.8 Å². The predicted octanol–water partition coefficient (Wildman–Crippen LogP) is 2.60. The number of Topliss-reactive ketones (excluding diaryl/α,β-unsaturated/α-hetero) is 1. The highest BCUT2D eigenvalue weighted by molar-refractivity contribution is 5.77. The molecule has 0 bridgehead atoms. The topological polar surface area (TPSA) is 70.4 Å². The summed E-state index contributed by atoms with van der Waals surface area (Å²) in [6, 6.07) is 9.53. The van der Waals surface area contributed by atoms with Gasteiger partial charge >= 0.3 is 0 Å². The van der Waals surface area contributed by atoms with E-state index in [1.165, 1.54) is 0 Å². The molecule has 0 fully saturated rings. The van der Waals surface area contributed by atoms with Crippen molar-refractivity contribution in [1.82, 2.24) is 4.90 Å². The molecule has 0 aliphatic heterocycles. The van der Waals surface area contributed by atoms with Crippen molar-refractivity contribution in [3.63, 3.8) is 0 Å². The number of rotatable bonds is 9. The summed E-state index contributed by atoms with van der Waals surface area (Å²) in [5, 5.41) is 8.83. The Kier molecular flexibility index (Phi) is 7.82. The molecule has 0 saturated heterocycles. The first kappa shape index (κ1) is 18.7. The molecule has 0 aromatic heterocycles. The SMILES string of the molecule is CCN(CC(C)C#N)C(=O)COc1ccc(CCC(C)=O)cc1. The molecule has 1 aromatic rings. The van der Waals surface area contributed by atoms with Crippen LogP contribution in [-0.4, -0.2) is 36.3 Å². The maximum absolute atomic E-state index is 12.1. The van der Waals surface area contributed by atoms with Gasteiger partial charge in [0.2, 0.25) is 0 Å². The maximum Gasteiger partial charge on any atom is 0.260 e. The zero-order chi connectivity index (χ0) is 17.2. The van der Waals surface area contributed by atoms with E-state index in [1.807, 2.05) is 19.1 Å². The van der Waals surface area contributed by atoms with Crippen LogP contribution in [-0.2, 0) is 16.0 Å². The third-order valence-corrected chi connectivity index (χ3v) is 3.50. The first-order valence-electron chi connectivity index (χ1n) is 7.84. The minimum Gasteiger partial charge on any atom is -0.484 e. The molecule has 0 spiro atoms. The van der Waals surface area contributed by atoms with Crippen LogP contribution in [0.25, 0.3) is 0 Å². The van der Waals surface area contributed by atoms with Crippen LogP contribution in [0.15, 0.2) is 24.3 Å². The fraction of sp³-hybridized carbons (Fsp3) is 0.500. The van der Waals surface area contributed by atoms with E-state index in [1.54, 1.807) is 30.9 Å². The lowest BCUT2D eigenvalue weighted by molar-refractivity contribution is -0.133. The van der Waals surface area contributed by atoms with Crippen molar-refractivity contribution in [3.8, 4) is 11.8 Å². The lowest BCUT2D eigenvalue weighted by atomic mass is 10.1. The second-order valence-electron chi connectivity index (χ2n) is 5.60. The van der Waals surface area contributed by atoms with Crippen LogP contribution in [0.2, 0.25) is 0 Å². The summed E-state index contributed by atoms with van der Waals surface area (Å²) in [5.74, 6) is 0.464. The van der Waals surface area contributed by atoms with Crippen molar-refractivity contribution >= 4 is 11.7 Å². The van der Waals surface area contributed by atoms with Gasteiger partial charge in [-0.2, -0.15) is 5.26 Å². The number of amides is 1. The molecular formula is C18H24N2O3. The largest absolute Gasteiger partial charge is 0.484 e. The van der Waals surface area contributed by atoms with Gasteiger partial charge in [-0.3, -0.25) is 4.79 Å². The van der Waals surface area contributed by atoms with Crippen LogP contribution >= 0.6 is 0 Å². The molecule has 5 heteroatoms. The summed E-state index contributed by atoms with van der Waals surface area (Å²) in [6.07, 6.45) is 1.24. The summed E-state index contributed by atoms with van der Waals surface area (Å²) in [7, 11) is 0. The molecule has 1 rings (SSSR count). The Balaban J connectivity index is 2.48. The number of nitrogens with zero attached hydrogens (tertiary/aromatic N) is 2. The van der Waals surface area contributed by atoms with E-state index in [0.717, 1.165) is 5.56 Å². The van der Waals surface area contributed by atoms with Gasteiger partial charge in [-0.15, -0.1) is 0 Å². The van der Waals surface area contributed by atoms with Crippen LogP contribution in [0.5, 0.6) is 5.75 Å². The second kappa shape index (κ2) is 9.62. The van der Waals surface area contributed by atoms with Gasteiger partial charge in [-0.1, -0.05) is 12.1 Å². The molecule has 5 nitrogen and oxygen atoms in total. The van der Waals surface area contributed by atoms with Crippen LogP contribution in [0, 0.1) is 17.2 Å². The average molecular weight is 316 g/mol. The highest BCUT2D eigenvalue weighted by Gasteiger charge is 2.15. The minimum atomic E-state index is -0.195. The number of carbonyl (C=O) groups excluding carboxylic acids is 2. The van der Waals surface area contributed by atoms with E-state index in [0.29, 0.717) is 31.7 Å². The number of likely N-dealkylation sites (N-methyl/N-ethyl adjacent to an activating group) is 1. The fourth-order valence-electron chi connectivity index (χ4n) is 2.09. The molecule has 23 heavy (non-hydrogen) atoms. The third-order valence-electron chi connectivity index (χ3n) is 3.50. The summed E-state index contributed by atoms with van der Waals surface area (Å²) < 4.78 is 5.51. The molecule has 0 radical (unpaired) electrons. The van der Waals surface area contributed by atoms with Gasteiger partial charge < -0.3 is 14.4 Å². The van der Waals surface area contributed by atoms with Crippen molar-refractivity contribution < 1.29 is 14.3 Å². The molecule has 1 amide bonds. The van der Waals surface area contributed by atoms with Gasteiger partial charge in [0.05, 0.1) is 12.0 Å². The van der Waals surface area contributed by atoms with Crippen LogP contribution in [0.3, 0.4) is 0 Å². The Morgan fingerprint density at radius 2 is 1.96 bits per heavy atom. The molecule has 0 aliphatic carbocycles. The smallest absolute Gasteiger partial charge is 0.260 e. The number of hydrogen-bond acceptors (Lipinski definition) is 4. The minimum absolute atomic E-state index is 0.0429.